The summed E-state index contributed by atoms with van der Waals surface area (Å²) in [5.41, 5.74) is -2.40. The molecule has 0 radical (unpaired) electrons. The number of fused-ring (bicyclic) bond motifs is 5. The monoisotopic (exact) mass is 1120 g/mol. The molecule has 7 fully saturated rings. The molecular formula is C54H90O24. The summed E-state index contributed by atoms with van der Waals surface area (Å²) >= 11 is 0. The second kappa shape index (κ2) is 23.5. The van der Waals surface area contributed by atoms with E-state index in [0.717, 1.165) is 11.1 Å². The summed E-state index contributed by atoms with van der Waals surface area (Å²) in [4.78, 5) is 0. The van der Waals surface area contributed by atoms with Crippen LogP contribution < -0.4 is 0 Å². The van der Waals surface area contributed by atoms with Crippen LogP contribution >= 0.6 is 0 Å². The minimum atomic E-state index is -1.86. The van der Waals surface area contributed by atoms with E-state index in [4.69, 9.17) is 37.9 Å². The quantitative estimate of drug-likeness (QED) is 0.0673. The van der Waals surface area contributed by atoms with Crippen molar-refractivity contribution in [3.63, 3.8) is 0 Å². The molecule has 4 saturated heterocycles. The maximum Gasteiger partial charge on any atom is 0.187 e. The minimum Gasteiger partial charge on any atom is -0.394 e. The Bertz CT molecular complexity index is 2090. The number of rotatable bonds is 16. The largest absolute Gasteiger partial charge is 0.394 e. The van der Waals surface area contributed by atoms with Crippen molar-refractivity contribution >= 4 is 0 Å². The zero-order chi connectivity index (χ0) is 57.5. The van der Waals surface area contributed by atoms with Crippen LogP contribution in [0, 0.1) is 39.4 Å². The Kier molecular flexibility index (Phi) is 18.9. The Morgan fingerprint density at radius 1 is 0.615 bits per heavy atom. The smallest absolute Gasteiger partial charge is 0.187 e. The van der Waals surface area contributed by atoms with Gasteiger partial charge in [-0.25, -0.2) is 0 Å². The Hall–Kier alpha value is -1.48. The van der Waals surface area contributed by atoms with Gasteiger partial charge in [0.1, 0.15) is 97.7 Å². The third kappa shape index (κ3) is 10.6. The van der Waals surface area contributed by atoms with Crippen LogP contribution in [-0.2, 0) is 37.9 Å². The standard InChI is InChI=1S/C54H90O24/c1-22(2)10-9-13-53(7,78-48-44(70)40(66)37(63)28(75-48)21-71-46-42(68)38(64)34(60)25(18-55)72-46)23-11-15-52(6)33(23)24(58)16-30-51(5)14-12-32(50(3,4)29(51)17-31(59)54(30,52)8)76-49-45(41(67)36(62)27(20-57)74-49)77-47-43(69)39(65)35(61)26(19-56)73-47/h10,17,23-28,30-49,55-70H,9,11-16,18-21H2,1-8H3/t23-,24+,25+,26+,27+,28+,30+,31-,32-,33-,34+,35+,36+,37+,38-,39-,40-,41-,42+,43+,44+,45+,46+,47-,48-,49-,51-,52+,53-,54-/m0/s1. The van der Waals surface area contributed by atoms with Crippen LogP contribution in [0.25, 0.3) is 0 Å². The average Bonchev–Trinajstić information content (AvgIpc) is 2.75. The highest BCUT2D eigenvalue weighted by molar-refractivity contribution is 5.36. The highest BCUT2D eigenvalue weighted by atomic mass is 16.8. The summed E-state index contributed by atoms with van der Waals surface area (Å²) in [6.45, 7) is 13.3. The van der Waals surface area contributed by atoms with Crippen molar-refractivity contribution in [1.29, 1.82) is 0 Å². The molecule has 16 N–H and O–H groups in total. The molecule has 24 heteroatoms. The van der Waals surface area contributed by atoms with Crippen molar-refractivity contribution in [3.05, 3.63) is 23.3 Å². The molecule has 78 heavy (non-hydrogen) atoms. The molecular weight excluding hydrogens is 1030 g/mol. The number of hydrogen-bond donors (Lipinski definition) is 16. The van der Waals surface area contributed by atoms with E-state index in [2.05, 4.69) is 20.8 Å². The SMILES string of the molecule is CC(C)=CCC[C@](C)(O[C@@H]1O[C@H](CO[C@@H]2O[C@H](CO)[C@@H](O)[C@H](O)[C@H]2O)[C@@H](O)[C@H](O)[C@H]1O)[C@H]1CC[C@]2(C)[C@@H]1[C@H](O)C[C@H]1[C@@]2(C)[C@@H](O)C=C2C(C)(C)[C@@H](O[C@@H]3O[C@H](CO)[C@@H](O)[C@H](O)[C@H]3O[C@@H]3O[C@H](CO)[C@@H](O)[C@H](O)[C@H]3O)CC[C@@]21C. The van der Waals surface area contributed by atoms with Crippen LogP contribution in [0.1, 0.15) is 100 Å². The number of ether oxygens (including phenoxy) is 8. The van der Waals surface area contributed by atoms with E-state index in [1.807, 2.05) is 46.8 Å². The van der Waals surface area contributed by atoms with Gasteiger partial charge in [-0.1, -0.05) is 57.9 Å². The van der Waals surface area contributed by atoms with E-state index in [0.29, 0.717) is 38.5 Å². The van der Waals surface area contributed by atoms with Crippen LogP contribution in [0.3, 0.4) is 0 Å². The lowest BCUT2D eigenvalue weighted by Crippen LogP contribution is -2.68. The molecule has 0 amide bonds. The molecule has 4 aliphatic heterocycles. The molecule has 8 aliphatic rings. The van der Waals surface area contributed by atoms with Crippen molar-refractivity contribution in [2.75, 3.05) is 26.4 Å². The average molecular weight is 1120 g/mol. The van der Waals surface area contributed by atoms with Crippen LogP contribution in [0.5, 0.6) is 0 Å². The third-order valence-corrected chi connectivity index (χ3v) is 20.3. The molecule has 0 bridgehead atoms. The first-order valence-corrected chi connectivity index (χ1v) is 27.7. The summed E-state index contributed by atoms with van der Waals surface area (Å²) in [5, 5.41) is 175. The molecule has 4 heterocycles. The van der Waals surface area contributed by atoms with Gasteiger partial charge in [-0.2, -0.15) is 0 Å². The zero-order valence-electron chi connectivity index (χ0n) is 45.9. The first kappa shape index (κ1) is 62.6. The molecule has 0 unspecified atom stereocenters. The maximum atomic E-state index is 12.9. The number of hydrogen-bond acceptors (Lipinski definition) is 24. The van der Waals surface area contributed by atoms with Gasteiger partial charge in [-0.3, -0.25) is 0 Å². The number of aliphatic hydroxyl groups excluding tert-OH is 16. The predicted octanol–water partition coefficient (Wildman–Crippen LogP) is -3.31. The van der Waals surface area contributed by atoms with Gasteiger partial charge in [0.15, 0.2) is 25.2 Å². The van der Waals surface area contributed by atoms with Gasteiger partial charge < -0.3 is 120 Å². The second-order valence-electron chi connectivity index (χ2n) is 25.4. The van der Waals surface area contributed by atoms with E-state index < -0.39 is 207 Å². The fourth-order valence-corrected chi connectivity index (χ4v) is 15.5. The highest BCUT2D eigenvalue weighted by Gasteiger charge is 2.73. The summed E-state index contributed by atoms with van der Waals surface area (Å²) in [6.07, 6.45) is -28.2. The predicted molar refractivity (Wildman–Crippen MR) is 268 cm³/mol. The minimum absolute atomic E-state index is 0.275. The fraction of sp³-hybridized carbons (Fsp3) is 0.926. The van der Waals surface area contributed by atoms with Gasteiger partial charge in [0.05, 0.1) is 50.3 Å². The lowest BCUT2D eigenvalue weighted by Gasteiger charge is -2.69. The Morgan fingerprint density at radius 3 is 1.71 bits per heavy atom. The van der Waals surface area contributed by atoms with E-state index in [-0.39, 0.29) is 12.3 Å². The molecule has 30 atom stereocenters. The molecule has 0 aromatic heterocycles. The van der Waals surface area contributed by atoms with Gasteiger partial charge in [0, 0.05) is 10.8 Å². The Labute approximate surface area is 454 Å². The molecule has 24 nitrogen and oxygen atoms in total. The van der Waals surface area contributed by atoms with Crippen molar-refractivity contribution in [2.45, 2.75) is 247 Å². The molecule has 0 aromatic rings. The van der Waals surface area contributed by atoms with Crippen LogP contribution in [0.15, 0.2) is 23.3 Å². The van der Waals surface area contributed by atoms with Crippen LogP contribution in [0.2, 0.25) is 0 Å². The van der Waals surface area contributed by atoms with E-state index >= 15 is 0 Å². The summed E-state index contributed by atoms with van der Waals surface area (Å²) in [7, 11) is 0. The first-order valence-electron chi connectivity index (χ1n) is 27.7. The molecule has 0 spiro atoms. The molecule has 8 rings (SSSR count). The molecule has 3 saturated carbocycles. The summed E-state index contributed by atoms with van der Waals surface area (Å²) < 4.78 is 48.6. The molecule has 0 aromatic carbocycles. The lowest BCUT2D eigenvalue weighted by atomic mass is 9.37. The Morgan fingerprint density at radius 2 is 1.13 bits per heavy atom. The topological polar surface area (TPSA) is 398 Å². The lowest BCUT2D eigenvalue weighted by molar-refractivity contribution is -0.375. The Balaban J connectivity index is 1.05. The van der Waals surface area contributed by atoms with E-state index in [1.54, 1.807) is 0 Å². The van der Waals surface area contributed by atoms with Crippen molar-refractivity contribution in [3.8, 4) is 0 Å². The zero-order valence-corrected chi connectivity index (χ0v) is 45.9. The molecule has 450 valence electrons. The van der Waals surface area contributed by atoms with Gasteiger partial charge >= 0.3 is 0 Å². The second-order valence-corrected chi connectivity index (χ2v) is 25.4. The summed E-state index contributed by atoms with van der Waals surface area (Å²) in [6, 6.07) is 0. The van der Waals surface area contributed by atoms with Gasteiger partial charge in [-0.15, -0.1) is 0 Å². The van der Waals surface area contributed by atoms with Crippen LogP contribution in [-0.4, -0.2) is 255 Å². The number of allylic oxidation sites excluding steroid dienone is 2. The fourth-order valence-electron chi connectivity index (χ4n) is 15.5. The van der Waals surface area contributed by atoms with Gasteiger partial charge in [-0.05, 0) is 94.3 Å². The first-order chi connectivity index (χ1) is 36.5. The van der Waals surface area contributed by atoms with Gasteiger partial charge in [0.2, 0.25) is 0 Å². The third-order valence-electron chi connectivity index (χ3n) is 20.3. The maximum absolute atomic E-state index is 12.9. The van der Waals surface area contributed by atoms with Gasteiger partial charge in [0.25, 0.3) is 0 Å². The van der Waals surface area contributed by atoms with Crippen molar-refractivity contribution in [2.24, 2.45) is 39.4 Å². The molecule has 4 aliphatic carbocycles. The van der Waals surface area contributed by atoms with E-state index in [1.165, 1.54) is 0 Å². The van der Waals surface area contributed by atoms with Crippen molar-refractivity contribution < 1.29 is 120 Å². The highest BCUT2D eigenvalue weighted by Crippen LogP contribution is 2.75. The summed E-state index contributed by atoms with van der Waals surface area (Å²) in [5.74, 6) is -1.20. The van der Waals surface area contributed by atoms with Crippen LogP contribution in [0.4, 0.5) is 0 Å². The normalized spacial score (nSPS) is 52.1. The van der Waals surface area contributed by atoms with E-state index in [9.17, 15) is 81.7 Å². The number of aliphatic hydroxyl groups is 16. The van der Waals surface area contributed by atoms with Crippen molar-refractivity contribution in [1.82, 2.24) is 0 Å².